The van der Waals surface area contributed by atoms with Crippen LogP contribution in [0.15, 0.2) is 60.8 Å². The summed E-state index contributed by atoms with van der Waals surface area (Å²) in [6, 6.07) is 17.5. The first kappa shape index (κ1) is 20.0. The van der Waals surface area contributed by atoms with Gasteiger partial charge in [-0.1, -0.05) is 41.7 Å². The molecule has 0 saturated carbocycles. The summed E-state index contributed by atoms with van der Waals surface area (Å²) in [5.74, 6) is 1.44. The molecule has 30 heavy (non-hydrogen) atoms. The van der Waals surface area contributed by atoms with E-state index in [4.69, 9.17) is 9.47 Å². The molecule has 0 fully saturated rings. The molecule has 2 aromatic carbocycles. The molecule has 2 aromatic heterocycles. The first-order chi connectivity index (χ1) is 14.7. The van der Waals surface area contributed by atoms with Crippen LogP contribution in [-0.2, 0) is 0 Å². The Kier molecular flexibility index (Phi) is 5.99. The van der Waals surface area contributed by atoms with Crippen molar-refractivity contribution in [3.63, 3.8) is 0 Å². The average molecular weight is 422 g/mol. The maximum atomic E-state index is 12.6. The number of benzene rings is 2. The Morgan fingerprint density at radius 1 is 1.07 bits per heavy atom. The number of nitrogens with one attached hydrogen (secondary N) is 1. The van der Waals surface area contributed by atoms with Crippen molar-refractivity contribution in [1.82, 2.24) is 14.7 Å². The summed E-state index contributed by atoms with van der Waals surface area (Å²) in [5.41, 5.74) is 2.85. The van der Waals surface area contributed by atoms with Crippen LogP contribution < -0.4 is 14.8 Å². The zero-order chi connectivity index (χ0) is 20.9. The van der Waals surface area contributed by atoms with Crippen LogP contribution in [0.1, 0.15) is 22.3 Å². The number of hydrogen-bond acceptors (Lipinski definition) is 5. The lowest BCUT2D eigenvalue weighted by Crippen LogP contribution is -2.28. The van der Waals surface area contributed by atoms with Crippen molar-refractivity contribution in [3.05, 3.63) is 71.4 Å². The SMILES string of the molecule is CCOc1ccc(OCCNC(=O)c2sc3nc(-c4ccccc4)cn3c2C)cc1. The molecule has 4 aromatic rings. The third-order valence-electron chi connectivity index (χ3n) is 4.62. The van der Waals surface area contributed by atoms with Crippen LogP contribution in [0, 0.1) is 6.92 Å². The molecule has 7 heteroatoms. The minimum atomic E-state index is -0.112. The number of fused-ring (bicyclic) bond motifs is 1. The molecule has 0 aliphatic carbocycles. The number of rotatable bonds is 8. The van der Waals surface area contributed by atoms with E-state index >= 15 is 0 Å². The molecule has 4 rings (SSSR count). The largest absolute Gasteiger partial charge is 0.494 e. The zero-order valence-electron chi connectivity index (χ0n) is 16.9. The van der Waals surface area contributed by atoms with Gasteiger partial charge in [-0.15, -0.1) is 0 Å². The number of carbonyl (C=O) groups excluding carboxylic acids is 1. The van der Waals surface area contributed by atoms with Gasteiger partial charge in [0.15, 0.2) is 4.96 Å². The second-order valence-electron chi connectivity index (χ2n) is 6.67. The fourth-order valence-electron chi connectivity index (χ4n) is 3.12. The number of carbonyl (C=O) groups is 1. The van der Waals surface area contributed by atoms with E-state index in [-0.39, 0.29) is 5.91 Å². The molecule has 0 atom stereocenters. The fraction of sp³-hybridized carbons (Fsp3) is 0.217. The monoisotopic (exact) mass is 421 g/mol. The van der Waals surface area contributed by atoms with Gasteiger partial charge in [-0.2, -0.15) is 0 Å². The van der Waals surface area contributed by atoms with Crippen LogP contribution in [0.2, 0.25) is 0 Å². The van der Waals surface area contributed by atoms with Gasteiger partial charge in [-0.3, -0.25) is 9.20 Å². The lowest BCUT2D eigenvalue weighted by Gasteiger charge is -2.08. The van der Waals surface area contributed by atoms with Gasteiger partial charge in [0.2, 0.25) is 0 Å². The third-order valence-corrected chi connectivity index (χ3v) is 5.78. The standard InChI is InChI=1S/C23H23N3O3S/c1-3-28-18-9-11-19(12-10-18)29-14-13-24-22(27)21-16(2)26-15-20(25-23(26)30-21)17-7-5-4-6-8-17/h4-12,15H,3,13-14H2,1-2H3,(H,24,27). The molecule has 0 aliphatic heterocycles. The van der Waals surface area contributed by atoms with Crippen molar-refractivity contribution in [2.75, 3.05) is 19.8 Å². The number of ether oxygens (including phenoxy) is 2. The molecule has 2 heterocycles. The highest BCUT2D eigenvalue weighted by Gasteiger charge is 2.17. The van der Waals surface area contributed by atoms with E-state index in [1.165, 1.54) is 11.3 Å². The molecule has 0 saturated heterocycles. The van der Waals surface area contributed by atoms with Gasteiger partial charge in [0, 0.05) is 17.5 Å². The lowest BCUT2D eigenvalue weighted by molar-refractivity contribution is 0.0950. The smallest absolute Gasteiger partial charge is 0.263 e. The number of aromatic nitrogens is 2. The van der Waals surface area contributed by atoms with E-state index < -0.39 is 0 Å². The topological polar surface area (TPSA) is 64.9 Å². The Morgan fingerprint density at radius 2 is 1.77 bits per heavy atom. The number of thiazole rings is 1. The number of nitrogens with zero attached hydrogens (tertiary/aromatic N) is 2. The first-order valence-electron chi connectivity index (χ1n) is 9.83. The van der Waals surface area contributed by atoms with Gasteiger partial charge >= 0.3 is 0 Å². The lowest BCUT2D eigenvalue weighted by atomic mass is 10.2. The predicted molar refractivity (Wildman–Crippen MR) is 119 cm³/mol. The summed E-state index contributed by atoms with van der Waals surface area (Å²) in [6.45, 7) is 5.32. The molecule has 6 nitrogen and oxygen atoms in total. The first-order valence-corrected chi connectivity index (χ1v) is 10.6. The van der Waals surface area contributed by atoms with Gasteiger partial charge in [0.1, 0.15) is 23.0 Å². The van der Waals surface area contributed by atoms with Crippen molar-refractivity contribution < 1.29 is 14.3 Å². The predicted octanol–water partition coefficient (Wildman–Crippen LogP) is 4.58. The van der Waals surface area contributed by atoms with Gasteiger partial charge in [-0.25, -0.2) is 4.98 Å². The molecule has 0 unspecified atom stereocenters. The fourth-order valence-corrected chi connectivity index (χ4v) is 4.15. The Morgan fingerprint density at radius 3 is 2.43 bits per heavy atom. The summed E-state index contributed by atoms with van der Waals surface area (Å²) < 4.78 is 13.1. The van der Waals surface area contributed by atoms with Crippen molar-refractivity contribution in [3.8, 4) is 22.8 Å². The summed E-state index contributed by atoms with van der Waals surface area (Å²) in [7, 11) is 0. The molecule has 1 N–H and O–H groups in total. The van der Waals surface area contributed by atoms with Crippen LogP contribution in [0.4, 0.5) is 0 Å². The second-order valence-corrected chi connectivity index (χ2v) is 7.65. The number of aryl methyl sites for hydroxylation is 1. The van der Waals surface area contributed by atoms with Crippen molar-refractivity contribution in [1.29, 1.82) is 0 Å². The minimum absolute atomic E-state index is 0.112. The van der Waals surface area contributed by atoms with Gasteiger partial charge in [-0.05, 0) is 38.1 Å². The van der Waals surface area contributed by atoms with E-state index in [0.717, 1.165) is 33.4 Å². The van der Waals surface area contributed by atoms with Crippen LogP contribution in [0.5, 0.6) is 11.5 Å². The molecule has 0 bridgehead atoms. The molecule has 154 valence electrons. The number of amides is 1. The average Bonchev–Trinajstić information content (AvgIpc) is 3.33. The molecular weight excluding hydrogens is 398 g/mol. The van der Waals surface area contributed by atoms with E-state index in [1.54, 1.807) is 0 Å². The third kappa shape index (κ3) is 4.31. The van der Waals surface area contributed by atoms with Gasteiger partial charge < -0.3 is 14.8 Å². The number of hydrogen-bond donors (Lipinski definition) is 1. The highest BCUT2D eigenvalue weighted by Crippen LogP contribution is 2.27. The Labute approximate surface area is 179 Å². The quantitative estimate of drug-likeness (QED) is 0.423. The van der Waals surface area contributed by atoms with Crippen LogP contribution in [-0.4, -0.2) is 35.1 Å². The maximum Gasteiger partial charge on any atom is 0.263 e. The summed E-state index contributed by atoms with van der Waals surface area (Å²) in [6.07, 6.45) is 1.97. The second kappa shape index (κ2) is 9.00. The van der Waals surface area contributed by atoms with E-state index in [1.807, 2.05) is 79.0 Å². The zero-order valence-corrected chi connectivity index (χ0v) is 17.7. The summed E-state index contributed by atoms with van der Waals surface area (Å²) in [4.78, 5) is 18.7. The molecule has 1 amide bonds. The normalized spacial score (nSPS) is 10.9. The van der Waals surface area contributed by atoms with Crippen molar-refractivity contribution in [2.45, 2.75) is 13.8 Å². The summed E-state index contributed by atoms with van der Waals surface area (Å²) in [5, 5.41) is 2.92. The van der Waals surface area contributed by atoms with Crippen LogP contribution in [0.3, 0.4) is 0 Å². The molecule has 0 aliphatic rings. The Balaban J connectivity index is 1.34. The van der Waals surface area contributed by atoms with E-state index in [2.05, 4.69) is 10.3 Å². The van der Waals surface area contributed by atoms with Crippen molar-refractivity contribution in [2.24, 2.45) is 0 Å². The molecular formula is C23H23N3O3S. The van der Waals surface area contributed by atoms with Crippen LogP contribution in [0.25, 0.3) is 16.2 Å². The summed E-state index contributed by atoms with van der Waals surface area (Å²) >= 11 is 1.39. The van der Waals surface area contributed by atoms with E-state index in [9.17, 15) is 4.79 Å². The van der Waals surface area contributed by atoms with E-state index in [0.29, 0.717) is 24.6 Å². The van der Waals surface area contributed by atoms with Crippen molar-refractivity contribution >= 4 is 22.2 Å². The Hall–Kier alpha value is -3.32. The molecule has 0 spiro atoms. The molecule has 0 radical (unpaired) electrons. The van der Waals surface area contributed by atoms with Gasteiger partial charge in [0.25, 0.3) is 5.91 Å². The minimum Gasteiger partial charge on any atom is -0.494 e. The highest BCUT2D eigenvalue weighted by atomic mass is 32.1. The van der Waals surface area contributed by atoms with Gasteiger partial charge in [0.05, 0.1) is 18.8 Å². The Bertz CT molecular complexity index is 1130. The maximum absolute atomic E-state index is 12.6. The number of imidazole rings is 1. The van der Waals surface area contributed by atoms with Crippen LogP contribution >= 0.6 is 11.3 Å². The highest BCUT2D eigenvalue weighted by molar-refractivity contribution is 7.19.